The van der Waals surface area contributed by atoms with Gasteiger partial charge in [0.2, 0.25) is 4.96 Å². The number of hydrogen-bond acceptors (Lipinski definition) is 7. The Morgan fingerprint density at radius 1 is 1.31 bits per heavy atom. The van der Waals surface area contributed by atoms with Crippen molar-refractivity contribution in [3.63, 3.8) is 0 Å². The molecular weight excluding hydrogens is 361 g/mol. The van der Waals surface area contributed by atoms with Crippen LogP contribution in [0.4, 0.5) is 4.39 Å². The predicted molar refractivity (Wildman–Crippen MR) is 92.9 cm³/mol. The number of fused-ring (bicyclic) bond motifs is 1. The van der Waals surface area contributed by atoms with E-state index >= 15 is 0 Å². The molecule has 0 amide bonds. The van der Waals surface area contributed by atoms with Crippen molar-refractivity contribution in [3.8, 4) is 0 Å². The summed E-state index contributed by atoms with van der Waals surface area (Å²) in [6.45, 7) is 2.89. The van der Waals surface area contributed by atoms with Crippen molar-refractivity contribution in [2.45, 2.75) is 20.0 Å². The van der Waals surface area contributed by atoms with Crippen LogP contribution in [0.25, 0.3) is 4.96 Å². The first-order valence-corrected chi connectivity index (χ1v) is 8.77. The zero-order valence-corrected chi connectivity index (χ0v) is 14.8. The monoisotopic (exact) mass is 377 g/mol. The van der Waals surface area contributed by atoms with Gasteiger partial charge in [0.1, 0.15) is 17.4 Å². The molecule has 0 aliphatic rings. The van der Waals surface area contributed by atoms with E-state index in [9.17, 15) is 14.0 Å². The number of halogens is 1. The molecule has 136 valence electrons. The van der Waals surface area contributed by atoms with E-state index in [1.54, 1.807) is 0 Å². The quantitative estimate of drug-likeness (QED) is 0.464. The van der Waals surface area contributed by atoms with Crippen LogP contribution in [0.15, 0.2) is 35.1 Å². The molecule has 3 rings (SSSR count). The van der Waals surface area contributed by atoms with Gasteiger partial charge in [0.05, 0.1) is 17.9 Å². The van der Waals surface area contributed by atoms with Crippen LogP contribution >= 0.6 is 11.3 Å². The number of rotatable bonds is 7. The van der Waals surface area contributed by atoms with E-state index in [0.29, 0.717) is 30.3 Å². The summed E-state index contributed by atoms with van der Waals surface area (Å²) >= 11 is 1.29. The molecule has 0 unspecified atom stereocenters. The molecule has 9 heteroatoms. The van der Waals surface area contributed by atoms with Gasteiger partial charge in [-0.05, 0) is 31.2 Å². The molecule has 0 saturated carbocycles. The average Bonchev–Trinajstić information content (AvgIpc) is 3.04. The third kappa shape index (κ3) is 4.30. The number of carbonyl (C=O) groups excluding carboxylic acids is 1. The maximum atomic E-state index is 12.9. The highest BCUT2D eigenvalue weighted by Gasteiger charge is 2.12. The molecule has 0 radical (unpaired) electrons. The summed E-state index contributed by atoms with van der Waals surface area (Å²) in [5.74, 6) is -1.05. The second kappa shape index (κ2) is 8.15. The van der Waals surface area contributed by atoms with Gasteiger partial charge in [-0.25, -0.2) is 14.2 Å². The van der Waals surface area contributed by atoms with E-state index in [2.05, 4.69) is 10.1 Å². The van der Waals surface area contributed by atoms with Crippen molar-refractivity contribution in [1.82, 2.24) is 14.6 Å². The van der Waals surface area contributed by atoms with E-state index in [4.69, 9.17) is 9.47 Å². The largest absolute Gasteiger partial charge is 0.456 e. The van der Waals surface area contributed by atoms with E-state index in [1.165, 1.54) is 46.2 Å². The van der Waals surface area contributed by atoms with Gasteiger partial charge in [-0.1, -0.05) is 11.3 Å². The number of hydrogen-bond donors (Lipinski definition) is 0. The average molecular weight is 377 g/mol. The molecule has 0 aliphatic carbocycles. The Morgan fingerprint density at radius 2 is 2.08 bits per heavy atom. The Hall–Kier alpha value is -2.65. The maximum Gasteiger partial charge on any atom is 0.338 e. The van der Waals surface area contributed by atoms with Crippen molar-refractivity contribution >= 4 is 22.3 Å². The van der Waals surface area contributed by atoms with Crippen LogP contribution < -0.4 is 5.56 Å². The zero-order valence-electron chi connectivity index (χ0n) is 14.0. The summed E-state index contributed by atoms with van der Waals surface area (Å²) in [6.07, 6.45) is 0.593. The van der Waals surface area contributed by atoms with E-state index < -0.39 is 11.8 Å². The number of ether oxygens (including phenoxy) is 2. The smallest absolute Gasteiger partial charge is 0.338 e. The molecule has 7 nitrogen and oxygen atoms in total. The Kier molecular flexibility index (Phi) is 5.69. The van der Waals surface area contributed by atoms with Crippen molar-refractivity contribution in [3.05, 3.63) is 62.8 Å². The molecule has 0 aliphatic heterocycles. The highest BCUT2D eigenvalue weighted by molar-refractivity contribution is 7.16. The Morgan fingerprint density at radius 3 is 2.81 bits per heavy atom. The Bertz CT molecular complexity index is 968. The van der Waals surface area contributed by atoms with Crippen LogP contribution in [0, 0.1) is 5.82 Å². The predicted octanol–water partition coefficient (Wildman–Crippen LogP) is 2.23. The number of carbonyl (C=O) groups is 1. The summed E-state index contributed by atoms with van der Waals surface area (Å²) in [5.41, 5.74) is 0.201. The van der Waals surface area contributed by atoms with Crippen molar-refractivity contribution < 1.29 is 18.7 Å². The summed E-state index contributed by atoms with van der Waals surface area (Å²) in [7, 11) is 0. The molecule has 3 aromatic rings. The number of nitrogens with zero attached hydrogens (tertiary/aromatic N) is 3. The molecule has 0 fully saturated rings. The number of esters is 1. The molecule has 0 bridgehead atoms. The standard InChI is InChI=1S/C17H16FN3O4S/c1-2-24-8-7-14-20-21-15(22)9-13(19-17(21)26-14)10-25-16(23)11-3-5-12(18)6-4-11/h3-6,9H,2,7-8,10H2,1H3. The lowest BCUT2D eigenvalue weighted by Gasteiger charge is -2.04. The van der Waals surface area contributed by atoms with Gasteiger partial charge in [0, 0.05) is 19.1 Å². The minimum absolute atomic E-state index is 0.159. The maximum absolute atomic E-state index is 12.9. The Balaban J connectivity index is 1.70. The van der Waals surface area contributed by atoms with Gasteiger partial charge in [0.25, 0.3) is 5.56 Å². The molecular formula is C17H16FN3O4S. The number of aromatic nitrogens is 3. The molecule has 2 aromatic heterocycles. The van der Waals surface area contributed by atoms with Crippen LogP contribution in [0.3, 0.4) is 0 Å². The van der Waals surface area contributed by atoms with Gasteiger partial charge >= 0.3 is 5.97 Å². The van der Waals surface area contributed by atoms with E-state index in [1.807, 2.05) is 6.92 Å². The van der Waals surface area contributed by atoms with Gasteiger partial charge in [-0.15, -0.1) is 0 Å². The fourth-order valence-electron chi connectivity index (χ4n) is 2.18. The molecule has 0 spiro atoms. The second-order valence-corrected chi connectivity index (χ2v) is 6.35. The van der Waals surface area contributed by atoms with Crippen LogP contribution in [-0.4, -0.2) is 33.8 Å². The van der Waals surface area contributed by atoms with Crippen LogP contribution in [0.5, 0.6) is 0 Å². The fourth-order valence-corrected chi connectivity index (χ4v) is 3.08. The zero-order chi connectivity index (χ0) is 18.5. The van der Waals surface area contributed by atoms with Crippen LogP contribution in [-0.2, 0) is 22.5 Å². The first kappa shape index (κ1) is 18.2. The lowest BCUT2D eigenvalue weighted by Crippen LogP contribution is -2.16. The highest BCUT2D eigenvalue weighted by atomic mass is 32.1. The fraction of sp³-hybridized carbons (Fsp3) is 0.294. The summed E-state index contributed by atoms with van der Waals surface area (Å²) in [6, 6.07) is 6.29. The van der Waals surface area contributed by atoms with Gasteiger partial charge < -0.3 is 9.47 Å². The SMILES string of the molecule is CCOCCc1nn2c(=O)cc(COC(=O)c3ccc(F)cc3)nc2s1. The second-order valence-electron chi connectivity index (χ2n) is 5.31. The number of benzene rings is 1. The first-order valence-electron chi connectivity index (χ1n) is 7.96. The lowest BCUT2D eigenvalue weighted by atomic mass is 10.2. The first-order chi connectivity index (χ1) is 12.6. The van der Waals surface area contributed by atoms with Gasteiger partial charge in [-0.3, -0.25) is 4.79 Å². The van der Waals surface area contributed by atoms with Gasteiger partial charge in [0.15, 0.2) is 0 Å². The lowest BCUT2D eigenvalue weighted by molar-refractivity contribution is 0.0467. The Labute approximate surface area is 152 Å². The summed E-state index contributed by atoms with van der Waals surface area (Å²) < 4.78 is 24.5. The molecule has 0 saturated heterocycles. The summed E-state index contributed by atoms with van der Waals surface area (Å²) in [5, 5.41) is 4.95. The minimum atomic E-state index is -0.617. The third-order valence-corrected chi connectivity index (χ3v) is 4.40. The van der Waals surface area contributed by atoms with Crippen molar-refractivity contribution in [2.75, 3.05) is 13.2 Å². The molecule has 1 aromatic carbocycles. The molecule has 2 heterocycles. The normalized spacial score (nSPS) is 11.0. The highest BCUT2D eigenvalue weighted by Crippen LogP contribution is 2.13. The van der Waals surface area contributed by atoms with Crippen molar-refractivity contribution in [1.29, 1.82) is 0 Å². The summed E-state index contributed by atoms with van der Waals surface area (Å²) in [4.78, 5) is 28.8. The van der Waals surface area contributed by atoms with Crippen LogP contribution in [0.2, 0.25) is 0 Å². The van der Waals surface area contributed by atoms with Crippen molar-refractivity contribution in [2.24, 2.45) is 0 Å². The van der Waals surface area contributed by atoms with Crippen LogP contribution in [0.1, 0.15) is 28.0 Å². The molecule has 0 atom stereocenters. The van der Waals surface area contributed by atoms with Gasteiger partial charge in [-0.2, -0.15) is 9.61 Å². The van der Waals surface area contributed by atoms with E-state index in [0.717, 1.165) is 5.01 Å². The molecule has 0 N–H and O–H groups in total. The third-order valence-electron chi connectivity index (χ3n) is 3.44. The minimum Gasteiger partial charge on any atom is -0.456 e. The topological polar surface area (TPSA) is 82.8 Å². The van der Waals surface area contributed by atoms with E-state index in [-0.39, 0.29) is 17.7 Å². The molecule has 26 heavy (non-hydrogen) atoms.